The summed E-state index contributed by atoms with van der Waals surface area (Å²) in [6, 6.07) is 8.40. The Balaban J connectivity index is 2.28. The molecular formula is C14H18BrNS. The van der Waals surface area contributed by atoms with Crippen LogP contribution in [0.3, 0.4) is 0 Å². The van der Waals surface area contributed by atoms with Gasteiger partial charge in [0.25, 0.3) is 0 Å². The predicted octanol–water partition coefficient (Wildman–Crippen LogP) is 5.04. The Labute approximate surface area is 115 Å². The number of alkyl halides is 1. The molecular weight excluding hydrogens is 294 g/mol. The van der Waals surface area contributed by atoms with Crippen molar-refractivity contribution in [2.24, 2.45) is 5.41 Å². The summed E-state index contributed by atoms with van der Waals surface area (Å²) in [5.41, 5.74) is 1.51. The first-order chi connectivity index (χ1) is 8.23. The number of hydrogen-bond acceptors (Lipinski definition) is 2. The molecule has 1 aromatic heterocycles. The molecule has 1 nitrogen and oxygen atoms in total. The van der Waals surface area contributed by atoms with Crippen LogP contribution in [-0.2, 0) is 6.42 Å². The molecule has 0 atom stereocenters. The maximum absolute atomic E-state index is 4.74. The highest BCUT2D eigenvalue weighted by Crippen LogP contribution is 2.35. The number of fused-ring (bicyclic) bond motifs is 1. The molecule has 0 saturated carbocycles. The first-order valence-corrected chi connectivity index (χ1v) is 8.07. The lowest BCUT2D eigenvalue weighted by molar-refractivity contribution is 0.307. The smallest absolute Gasteiger partial charge is 0.0944 e. The van der Waals surface area contributed by atoms with E-state index < -0.39 is 0 Å². The van der Waals surface area contributed by atoms with Crippen LogP contribution in [0, 0.1) is 5.41 Å². The van der Waals surface area contributed by atoms with E-state index in [0.717, 1.165) is 17.3 Å². The van der Waals surface area contributed by atoms with Crippen molar-refractivity contribution in [1.29, 1.82) is 0 Å². The third kappa shape index (κ3) is 2.71. The van der Waals surface area contributed by atoms with Gasteiger partial charge < -0.3 is 0 Å². The van der Waals surface area contributed by atoms with Crippen molar-refractivity contribution in [2.75, 3.05) is 5.33 Å². The van der Waals surface area contributed by atoms with Gasteiger partial charge in [-0.05, 0) is 30.4 Å². The van der Waals surface area contributed by atoms with Gasteiger partial charge in [-0.25, -0.2) is 4.98 Å². The van der Waals surface area contributed by atoms with Crippen molar-refractivity contribution < 1.29 is 0 Å². The van der Waals surface area contributed by atoms with Crippen molar-refractivity contribution in [3.63, 3.8) is 0 Å². The molecule has 1 aromatic carbocycles. The van der Waals surface area contributed by atoms with Gasteiger partial charge in [-0.3, -0.25) is 0 Å². The Kier molecular flexibility index (Phi) is 4.21. The van der Waals surface area contributed by atoms with Gasteiger partial charge in [0, 0.05) is 11.8 Å². The lowest BCUT2D eigenvalue weighted by Gasteiger charge is -2.28. The predicted molar refractivity (Wildman–Crippen MR) is 80.1 cm³/mol. The van der Waals surface area contributed by atoms with Crippen LogP contribution in [0.4, 0.5) is 0 Å². The van der Waals surface area contributed by atoms with Gasteiger partial charge in [0.15, 0.2) is 0 Å². The van der Waals surface area contributed by atoms with E-state index in [9.17, 15) is 0 Å². The topological polar surface area (TPSA) is 12.9 Å². The number of nitrogens with zero attached hydrogens (tertiary/aromatic N) is 1. The van der Waals surface area contributed by atoms with E-state index in [-0.39, 0.29) is 0 Å². The molecule has 0 unspecified atom stereocenters. The maximum Gasteiger partial charge on any atom is 0.0944 e. The maximum atomic E-state index is 4.74. The Morgan fingerprint density at radius 3 is 2.53 bits per heavy atom. The third-order valence-electron chi connectivity index (χ3n) is 3.65. The molecule has 0 spiro atoms. The largest absolute Gasteiger partial charge is 0.241 e. The third-order valence-corrected chi connectivity index (χ3v) is 5.87. The van der Waals surface area contributed by atoms with Crippen LogP contribution < -0.4 is 0 Å². The van der Waals surface area contributed by atoms with E-state index in [1.807, 2.05) is 11.3 Å². The van der Waals surface area contributed by atoms with Crippen LogP contribution in [-0.4, -0.2) is 10.3 Å². The average Bonchev–Trinajstić information content (AvgIpc) is 2.78. The van der Waals surface area contributed by atoms with E-state index in [2.05, 4.69) is 54.0 Å². The summed E-state index contributed by atoms with van der Waals surface area (Å²) < 4.78 is 1.30. The molecule has 2 rings (SSSR count). The fourth-order valence-electron chi connectivity index (χ4n) is 2.05. The number of aromatic nitrogens is 1. The number of benzene rings is 1. The van der Waals surface area contributed by atoms with Crippen LogP contribution >= 0.6 is 27.3 Å². The molecule has 0 saturated heterocycles. The normalized spacial score (nSPS) is 12.2. The van der Waals surface area contributed by atoms with Crippen molar-refractivity contribution >= 4 is 37.5 Å². The van der Waals surface area contributed by atoms with Crippen LogP contribution in [0.15, 0.2) is 24.3 Å². The Morgan fingerprint density at radius 2 is 1.94 bits per heavy atom. The minimum Gasteiger partial charge on any atom is -0.241 e. The van der Waals surface area contributed by atoms with Gasteiger partial charge in [0.05, 0.1) is 15.2 Å². The van der Waals surface area contributed by atoms with E-state index in [1.165, 1.54) is 22.5 Å². The Bertz CT molecular complexity index is 446. The highest BCUT2D eigenvalue weighted by atomic mass is 79.9. The summed E-state index contributed by atoms with van der Waals surface area (Å²) >= 11 is 5.51. The molecule has 1 heterocycles. The molecule has 0 aliphatic heterocycles. The second kappa shape index (κ2) is 5.49. The molecule has 0 fully saturated rings. The number of para-hydroxylation sites is 1. The quantitative estimate of drug-likeness (QED) is 0.705. The van der Waals surface area contributed by atoms with Gasteiger partial charge in [-0.15, -0.1) is 11.3 Å². The van der Waals surface area contributed by atoms with Crippen LogP contribution in [0.2, 0.25) is 0 Å². The lowest BCUT2D eigenvalue weighted by Crippen LogP contribution is -2.23. The molecule has 0 amide bonds. The molecule has 17 heavy (non-hydrogen) atoms. The number of hydrogen-bond donors (Lipinski definition) is 0. The number of thiazole rings is 1. The van der Waals surface area contributed by atoms with E-state index in [1.54, 1.807) is 0 Å². The van der Waals surface area contributed by atoms with E-state index in [0.29, 0.717) is 5.41 Å². The first-order valence-electron chi connectivity index (χ1n) is 6.13. The molecule has 0 aliphatic carbocycles. The molecule has 0 bridgehead atoms. The van der Waals surface area contributed by atoms with Gasteiger partial charge in [-0.1, -0.05) is 41.9 Å². The fraction of sp³-hybridized carbons (Fsp3) is 0.500. The summed E-state index contributed by atoms with van der Waals surface area (Å²) in [6.45, 7) is 4.55. The van der Waals surface area contributed by atoms with Crippen LogP contribution in [0.25, 0.3) is 10.2 Å². The molecule has 3 heteroatoms. The minimum absolute atomic E-state index is 0.369. The zero-order chi connectivity index (χ0) is 12.3. The number of rotatable bonds is 5. The zero-order valence-corrected chi connectivity index (χ0v) is 12.8. The molecule has 0 aliphatic rings. The van der Waals surface area contributed by atoms with Gasteiger partial charge in [0.1, 0.15) is 0 Å². The molecule has 92 valence electrons. The van der Waals surface area contributed by atoms with Crippen molar-refractivity contribution in [1.82, 2.24) is 4.98 Å². The van der Waals surface area contributed by atoms with Crippen LogP contribution in [0.1, 0.15) is 31.7 Å². The average molecular weight is 312 g/mol. The number of halogens is 1. The Morgan fingerprint density at radius 1 is 1.24 bits per heavy atom. The van der Waals surface area contributed by atoms with Crippen molar-refractivity contribution in [2.45, 2.75) is 33.1 Å². The summed E-state index contributed by atoms with van der Waals surface area (Å²) in [5, 5.41) is 2.33. The first kappa shape index (κ1) is 13.0. The van der Waals surface area contributed by atoms with Gasteiger partial charge in [-0.2, -0.15) is 0 Å². The molecule has 2 aromatic rings. The summed E-state index contributed by atoms with van der Waals surface area (Å²) in [5.74, 6) is 0. The minimum atomic E-state index is 0.369. The molecule has 0 radical (unpaired) electrons. The van der Waals surface area contributed by atoms with E-state index in [4.69, 9.17) is 4.98 Å². The summed E-state index contributed by atoms with van der Waals surface area (Å²) in [7, 11) is 0. The second-order valence-electron chi connectivity index (χ2n) is 4.59. The summed E-state index contributed by atoms with van der Waals surface area (Å²) in [4.78, 5) is 4.74. The fourth-order valence-corrected chi connectivity index (χ4v) is 4.18. The second-order valence-corrected chi connectivity index (χ2v) is 6.27. The lowest BCUT2D eigenvalue weighted by atomic mass is 9.82. The zero-order valence-electron chi connectivity index (χ0n) is 10.4. The standard InChI is InChI=1S/C14H18BrNS/c1-3-14(4-2,10-15)9-13-16-11-7-5-6-8-12(11)17-13/h5-8H,3-4,9-10H2,1-2H3. The highest BCUT2D eigenvalue weighted by molar-refractivity contribution is 9.09. The molecule has 0 N–H and O–H groups in total. The monoisotopic (exact) mass is 311 g/mol. The van der Waals surface area contributed by atoms with Gasteiger partial charge in [0.2, 0.25) is 0 Å². The SMILES string of the molecule is CCC(CC)(CBr)Cc1nc2ccccc2s1. The van der Waals surface area contributed by atoms with Crippen molar-refractivity contribution in [3.05, 3.63) is 29.3 Å². The summed E-state index contributed by atoms with van der Waals surface area (Å²) in [6.07, 6.45) is 3.49. The van der Waals surface area contributed by atoms with Crippen molar-refractivity contribution in [3.8, 4) is 0 Å². The Hall–Kier alpha value is -0.410. The highest BCUT2D eigenvalue weighted by Gasteiger charge is 2.26. The van der Waals surface area contributed by atoms with Gasteiger partial charge >= 0.3 is 0 Å². The van der Waals surface area contributed by atoms with E-state index >= 15 is 0 Å². The van der Waals surface area contributed by atoms with Crippen LogP contribution in [0.5, 0.6) is 0 Å².